The summed E-state index contributed by atoms with van der Waals surface area (Å²) in [6.45, 7) is 1.95. The van der Waals surface area contributed by atoms with Gasteiger partial charge in [0, 0.05) is 10.9 Å². The SMILES string of the molecule is CC(O)(CNc1ccc2nnc(-c3ccsc3)n2n1)c1ccco1. The number of hydrogen-bond acceptors (Lipinski definition) is 7. The van der Waals surface area contributed by atoms with Crippen molar-refractivity contribution in [3.8, 4) is 11.4 Å². The van der Waals surface area contributed by atoms with Gasteiger partial charge in [-0.3, -0.25) is 0 Å². The molecule has 0 fully saturated rings. The van der Waals surface area contributed by atoms with Crippen LogP contribution in [-0.2, 0) is 5.60 Å². The summed E-state index contributed by atoms with van der Waals surface area (Å²) in [5.41, 5.74) is 0.503. The van der Waals surface area contributed by atoms with E-state index < -0.39 is 5.60 Å². The predicted octanol–water partition coefficient (Wildman–Crippen LogP) is 2.77. The summed E-state index contributed by atoms with van der Waals surface area (Å²) in [5.74, 6) is 1.80. The Morgan fingerprint density at radius 1 is 1.29 bits per heavy atom. The second kappa shape index (κ2) is 5.73. The van der Waals surface area contributed by atoms with Crippen LogP contribution in [0.15, 0.2) is 51.8 Å². The van der Waals surface area contributed by atoms with Gasteiger partial charge in [0.15, 0.2) is 11.5 Å². The number of hydrogen-bond donors (Lipinski definition) is 2. The molecule has 8 heteroatoms. The number of aliphatic hydroxyl groups is 1. The second-order valence-corrected chi connectivity index (χ2v) is 6.41. The van der Waals surface area contributed by atoms with E-state index in [2.05, 4.69) is 20.6 Å². The van der Waals surface area contributed by atoms with Crippen LogP contribution in [0.25, 0.3) is 17.0 Å². The fourth-order valence-electron chi connectivity index (χ4n) is 2.39. The van der Waals surface area contributed by atoms with Gasteiger partial charge in [-0.2, -0.15) is 15.9 Å². The van der Waals surface area contributed by atoms with E-state index in [1.165, 1.54) is 0 Å². The minimum absolute atomic E-state index is 0.259. The first-order valence-electron chi connectivity index (χ1n) is 7.39. The zero-order valence-electron chi connectivity index (χ0n) is 12.9. The minimum Gasteiger partial charge on any atom is -0.466 e. The summed E-state index contributed by atoms with van der Waals surface area (Å²) in [6.07, 6.45) is 1.54. The zero-order valence-corrected chi connectivity index (χ0v) is 13.7. The standard InChI is InChI=1S/C16H15N5O2S/c1-16(22,12-3-2-7-23-12)10-17-13-4-5-14-18-19-15(21(14)20-13)11-6-8-24-9-11/h2-9,22H,10H2,1H3,(H,17,20). The van der Waals surface area contributed by atoms with E-state index in [1.54, 1.807) is 47.2 Å². The monoisotopic (exact) mass is 341 g/mol. The Morgan fingerprint density at radius 2 is 2.21 bits per heavy atom. The predicted molar refractivity (Wildman–Crippen MR) is 90.9 cm³/mol. The van der Waals surface area contributed by atoms with Gasteiger partial charge in [-0.25, -0.2) is 0 Å². The van der Waals surface area contributed by atoms with Gasteiger partial charge < -0.3 is 14.8 Å². The van der Waals surface area contributed by atoms with Crippen LogP contribution in [-0.4, -0.2) is 31.5 Å². The Hall–Kier alpha value is -2.71. The molecule has 1 atom stereocenters. The largest absolute Gasteiger partial charge is 0.466 e. The molecule has 0 amide bonds. The Kier molecular flexibility index (Phi) is 3.55. The summed E-state index contributed by atoms with van der Waals surface area (Å²) in [4.78, 5) is 0. The maximum atomic E-state index is 10.5. The highest BCUT2D eigenvalue weighted by Crippen LogP contribution is 2.23. The van der Waals surface area contributed by atoms with Crippen LogP contribution in [0.2, 0.25) is 0 Å². The van der Waals surface area contributed by atoms with Crippen molar-refractivity contribution in [2.75, 3.05) is 11.9 Å². The molecule has 122 valence electrons. The summed E-state index contributed by atoms with van der Waals surface area (Å²) in [6, 6.07) is 9.11. The molecule has 4 heterocycles. The van der Waals surface area contributed by atoms with Gasteiger partial charge in [0.05, 0.1) is 12.8 Å². The van der Waals surface area contributed by atoms with Gasteiger partial charge in [-0.15, -0.1) is 15.3 Å². The number of furan rings is 1. The Bertz CT molecular complexity index is 944. The van der Waals surface area contributed by atoms with Crippen molar-refractivity contribution in [1.29, 1.82) is 0 Å². The van der Waals surface area contributed by atoms with Crippen molar-refractivity contribution in [2.24, 2.45) is 0 Å². The Labute approximate surface area is 141 Å². The van der Waals surface area contributed by atoms with E-state index in [0.29, 0.717) is 23.0 Å². The van der Waals surface area contributed by atoms with Crippen molar-refractivity contribution >= 4 is 22.8 Å². The summed E-state index contributed by atoms with van der Waals surface area (Å²) in [5, 5.41) is 30.5. The summed E-state index contributed by atoms with van der Waals surface area (Å²) < 4.78 is 6.96. The molecule has 24 heavy (non-hydrogen) atoms. The highest BCUT2D eigenvalue weighted by molar-refractivity contribution is 7.08. The Balaban J connectivity index is 1.60. The molecule has 0 spiro atoms. The van der Waals surface area contributed by atoms with Gasteiger partial charge in [0.25, 0.3) is 0 Å². The maximum absolute atomic E-state index is 10.5. The van der Waals surface area contributed by atoms with Crippen LogP contribution in [0.4, 0.5) is 5.82 Å². The number of fused-ring (bicyclic) bond motifs is 1. The third-order valence-corrected chi connectivity index (χ3v) is 4.39. The first-order chi connectivity index (χ1) is 11.6. The van der Waals surface area contributed by atoms with Gasteiger partial charge in [-0.05, 0) is 42.6 Å². The van der Waals surface area contributed by atoms with Crippen molar-refractivity contribution in [1.82, 2.24) is 19.8 Å². The molecule has 4 aromatic rings. The van der Waals surface area contributed by atoms with Crippen LogP contribution in [0.1, 0.15) is 12.7 Å². The second-order valence-electron chi connectivity index (χ2n) is 5.63. The van der Waals surface area contributed by atoms with Crippen molar-refractivity contribution in [3.63, 3.8) is 0 Å². The third-order valence-electron chi connectivity index (χ3n) is 3.71. The van der Waals surface area contributed by atoms with E-state index in [-0.39, 0.29) is 6.54 Å². The molecule has 1 unspecified atom stereocenters. The highest BCUT2D eigenvalue weighted by Gasteiger charge is 2.26. The van der Waals surface area contributed by atoms with E-state index >= 15 is 0 Å². The van der Waals surface area contributed by atoms with Crippen LogP contribution in [0, 0.1) is 0 Å². The van der Waals surface area contributed by atoms with Crippen LogP contribution in [0.3, 0.4) is 0 Å². The molecule has 0 aliphatic carbocycles. The molecule has 4 rings (SSSR count). The Morgan fingerprint density at radius 3 is 2.96 bits per heavy atom. The van der Waals surface area contributed by atoms with Crippen molar-refractivity contribution in [3.05, 3.63) is 53.1 Å². The number of aromatic nitrogens is 4. The number of nitrogens with one attached hydrogen (secondary N) is 1. The molecule has 0 saturated carbocycles. The van der Waals surface area contributed by atoms with Gasteiger partial charge in [-0.1, -0.05) is 0 Å². The minimum atomic E-state index is -1.14. The lowest BCUT2D eigenvalue weighted by Gasteiger charge is -2.21. The molecule has 0 radical (unpaired) electrons. The van der Waals surface area contributed by atoms with E-state index in [1.807, 2.05) is 22.9 Å². The van der Waals surface area contributed by atoms with Crippen LogP contribution in [0.5, 0.6) is 0 Å². The normalized spacial score (nSPS) is 13.9. The third kappa shape index (κ3) is 2.66. The molecule has 0 aliphatic heterocycles. The summed E-state index contributed by atoms with van der Waals surface area (Å²) in [7, 11) is 0. The quantitative estimate of drug-likeness (QED) is 0.580. The first kappa shape index (κ1) is 14.9. The fourth-order valence-corrected chi connectivity index (χ4v) is 3.02. The molecule has 7 nitrogen and oxygen atoms in total. The number of thiophene rings is 1. The molecule has 0 bridgehead atoms. The van der Waals surface area contributed by atoms with Crippen LogP contribution >= 0.6 is 11.3 Å². The smallest absolute Gasteiger partial charge is 0.186 e. The van der Waals surface area contributed by atoms with Gasteiger partial charge >= 0.3 is 0 Å². The molecule has 0 saturated heterocycles. The molecule has 2 N–H and O–H groups in total. The number of nitrogens with zero attached hydrogens (tertiary/aromatic N) is 4. The van der Waals surface area contributed by atoms with Crippen molar-refractivity contribution < 1.29 is 9.52 Å². The number of rotatable bonds is 5. The zero-order chi connectivity index (χ0) is 16.6. The van der Waals surface area contributed by atoms with Gasteiger partial charge in [0.1, 0.15) is 17.2 Å². The first-order valence-corrected chi connectivity index (χ1v) is 8.33. The highest BCUT2D eigenvalue weighted by atomic mass is 32.1. The average molecular weight is 341 g/mol. The van der Waals surface area contributed by atoms with Crippen molar-refractivity contribution in [2.45, 2.75) is 12.5 Å². The molecule has 4 aromatic heterocycles. The lowest BCUT2D eigenvalue weighted by atomic mass is 10.0. The van der Waals surface area contributed by atoms with Gasteiger partial charge in [0.2, 0.25) is 0 Å². The van der Waals surface area contributed by atoms with Crippen LogP contribution < -0.4 is 5.32 Å². The number of anilines is 1. The molecular weight excluding hydrogens is 326 g/mol. The maximum Gasteiger partial charge on any atom is 0.186 e. The molecule has 0 aliphatic rings. The molecular formula is C16H15N5O2S. The van der Waals surface area contributed by atoms with E-state index in [9.17, 15) is 5.11 Å². The fraction of sp³-hybridized carbons (Fsp3) is 0.188. The lowest BCUT2D eigenvalue weighted by molar-refractivity contribution is 0.0475. The van der Waals surface area contributed by atoms with E-state index in [0.717, 1.165) is 5.56 Å². The average Bonchev–Trinajstić information content (AvgIpc) is 3.32. The lowest BCUT2D eigenvalue weighted by Crippen LogP contribution is -2.30. The topological polar surface area (TPSA) is 88.5 Å². The molecule has 0 aromatic carbocycles. The summed E-state index contributed by atoms with van der Waals surface area (Å²) >= 11 is 1.59. The van der Waals surface area contributed by atoms with E-state index in [4.69, 9.17) is 4.42 Å².